The van der Waals surface area contributed by atoms with Crippen molar-refractivity contribution in [3.63, 3.8) is 0 Å². The number of aromatic nitrogens is 2. The van der Waals surface area contributed by atoms with Gasteiger partial charge in [0.15, 0.2) is 11.0 Å². The van der Waals surface area contributed by atoms with Crippen LogP contribution in [0.3, 0.4) is 0 Å². The summed E-state index contributed by atoms with van der Waals surface area (Å²) in [6.07, 6.45) is 0. The largest absolute Gasteiger partial charge is 1.00 e. The number of halogens is 2. The third kappa shape index (κ3) is 2.34. The highest BCUT2D eigenvalue weighted by Crippen LogP contribution is 2.07. The summed E-state index contributed by atoms with van der Waals surface area (Å²) >= 11 is 5.59. The zero-order valence-corrected chi connectivity index (χ0v) is 9.50. The van der Waals surface area contributed by atoms with Crippen molar-refractivity contribution < 1.29 is 28.5 Å². The first kappa shape index (κ1) is 11.7. The first-order valence-corrected chi connectivity index (χ1v) is 3.64. The number of anilines is 2. The normalized spacial score (nSPS) is 9.17. The van der Waals surface area contributed by atoms with E-state index < -0.39 is 0 Å². The van der Waals surface area contributed by atoms with Gasteiger partial charge in [-0.05, 0) is 18.5 Å². The van der Waals surface area contributed by atoms with E-state index in [4.69, 9.17) is 23.1 Å². The van der Waals surface area contributed by atoms with Crippen molar-refractivity contribution in [2.75, 3.05) is 11.5 Å². The molecule has 0 radical (unpaired) electrons. The predicted molar refractivity (Wildman–Crippen MR) is 43.9 cm³/mol. The fourth-order valence-corrected chi connectivity index (χ4v) is 1.08. The van der Waals surface area contributed by atoms with Gasteiger partial charge >= 0.3 is 5.95 Å². The Balaban J connectivity index is 0.00000121. The van der Waals surface area contributed by atoms with Gasteiger partial charge in [-0.2, -0.15) is 0 Å². The molecule has 0 saturated heterocycles. The number of hydrogen-bond donors (Lipinski definition) is 2. The van der Waals surface area contributed by atoms with E-state index >= 15 is 0 Å². The Bertz CT molecular complexity index is 255. The minimum Gasteiger partial charge on any atom is -1.00 e. The zero-order chi connectivity index (χ0) is 8.43. The zero-order valence-electron chi connectivity index (χ0n) is 6.59. The molecule has 4 N–H and O–H groups in total. The molecule has 0 atom stereocenters. The minimum absolute atomic E-state index is 0. The van der Waals surface area contributed by atoms with Crippen LogP contribution in [0.2, 0.25) is 5.15 Å². The lowest BCUT2D eigenvalue weighted by Gasteiger charge is -2.02. The summed E-state index contributed by atoms with van der Waals surface area (Å²) in [4.78, 5) is 3.83. The van der Waals surface area contributed by atoms with Crippen LogP contribution in [0, 0.1) is 0 Å². The Labute approximate surface area is 92.9 Å². The van der Waals surface area contributed by atoms with Crippen molar-refractivity contribution in [1.82, 2.24) is 4.98 Å². The predicted octanol–water partition coefficient (Wildman–Crippen LogP) is -2.79. The Morgan fingerprint density at radius 3 is 2.58 bits per heavy atom. The second-order valence-corrected chi connectivity index (χ2v) is 2.49. The summed E-state index contributed by atoms with van der Waals surface area (Å²) < 4.78 is 1.67. The monoisotopic (exact) mass is 300 g/mol. The second-order valence-electron chi connectivity index (χ2n) is 2.11. The number of nitrogen functional groups attached to an aromatic ring is 2. The van der Waals surface area contributed by atoms with Gasteiger partial charge in [0.1, 0.15) is 0 Å². The van der Waals surface area contributed by atoms with Crippen LogP contribution in [-0.4, -0.2) is 4.98 Å². The number of rotatable bonds is 1. The lowest BCUT2D eigenvalue weighted by molar-refractivity contribution is -0.667. The van der Waals surface area contributed by atoms with Crippen LogP contribution in [-0.2, 0) is 6.54 Å². The number of nitrogens with zero attached hydrogens (tertiary/aromatic N) is 2. The molecule has 1 rings (SSSR count). The summed E-state index contributed by atoms with van der Waals surface area (Å²) in [7, 11) is 0. The Hall–Kier alpha value is -0.300. The molecule has 12 heavy (non-hydrogen) atoms. The quantitative estimate of drug-likeness (QED) is 0.335. The fourth-order valence-electron chi connectivity index (χ4n) is 0.879. The Morgan fingerprint density at radius 2 is 2.17 bits per heavy atom. The summed E-state index contributed by atoms with van der Waals surface area (Å²) in [5.41, 5.74) is 11.1. The third-order valence-corrected chi connectivity index (χ3v) is 1.59. The first-order valence-electron chi connectivity index (χ1n) is 3.26. The molecule has 6 heteroatoms. The highest BCUT2D eigenvalue weighted by Gasteiger charge is 2.08. The van der Waals surface area contributed by atoms with E-state index in [9.17, 15) is 0 Å². The third-order valence-electron chi connectivity index (χ3n) is 1.39. The van der Waals surface area contributed by atoms with Crippen LogP contribution in [0.4, 0.5) is 11.8 Å². The molecule has 0 bridgehead atoms. The van der Waals surface area contributed by atoms with Crippen molar-refractivity contribution in [1.29, 1.82) is 0 Å². The van der Waals surface area contributed by atoms with E-state index in [2.05, 4.69) is 4.98 Å². The topological polar surface area (TPSA) is 68.8 Å². The van der Waals surface area contributed by atoms with E-state index in [0.717, 1.165) is 0 Å². The molecule has 0 saturated carbocycles. The van der Waals surface area contributed by atoms with Crippen LogP contribution in [0.25, 0.3) is 0 Å². The van der Waals surface area contributed by atoms with Gasteiger partial charge in [0.05, 0.1) is 12.6 Å². The molecule has 0 unspecified atom stereocenters. The van der Waals surface area contributed by atoms with Crippen molar-refractivity contribution in [2.45, 2.75) is 13.5 Å². The van der Waals surface area contributed by atoms with Gasteiger partial charge in [0.2, 0.25) is 0 Å². The molecule has 0 aromatic carbocycles. The average Bonchev–Trinajstić information content (AvgIpc) is 1.85. The van der Waals surface area contributed by atoms with Gasteiger partial charge in [0.25, 0.3) is 0 Å². The molecule has 0 aliphatic rings. The minimum atomic E-state index is 0. The highest BCUT2D eigenvalue weighted by molar-refractivity contribution is 6.29. The molecule has 1 aromatic heterocycles. The summed E-state index contributed by atoms with van der Waals surface area (Å²) in [5.74, 6) is 0.877. The van der Waals surface area contributed by atoms with Crippen LogP contribution in [0.15, 0.2) is 6.07 Å². The fraction of sp³-hybridized carbons (Fsp3) is 0.333. The molecule has 0 fully saturated rings. The van der Waals surface area contributed by atoms with Gasteiger partial charge in [-0.3, -0.25) is 0 Å². The molecule has 4 nitrogen and oxygen atoms in total. The summed E-state index contributed by atoms with van der Waals surface area (Å²) in [6.45, 7) is 2.63. The molecule has 1 heterocycles. The van der Waals surface area contributed by atoms with E-state index in [-0.39, 0.29) is 24.0 Å². The van der Waals surface area contributed by atoms with Gasteiger partial charge < -0.3 is 35.4 Å². The average molecular weight is 301 g/mol. The Kier molecular flexibility index (Phi) is 4.54. The highest BCUT2D eigenvalue weighted by atomic mass is 127. The van der Waals surface area contributed by atoms with Crippen molar-refractivity contribution >= 4 is 23.4 Å². The first-order chi connectivity index (χ1) is 5.15. The van der Waals surface area contributed by atoms with Crippen molar-refractivity contribution in [3.05, 3.63) is 11.2 Å². The van der Waals surface area contributed by atoms with Gasteiger partial charge in [-0.25, -0.2) is 4.57 Å². The maximum Gasteiger partial charge on any atom is 0.346 e. The van der Waals surface area contributed by atoms with E-state index in [0.29, 0.717) is 23.5 Å². The van der Waals surface area contributed by atoms with E-state index in [1.54, 1.807) is 10.6 Å². The molecule has 0 spiro atoms. The molecule has 0 aliphatic heterocycles. The van der Waals surface area contributed by atoms with E-state index in [1.165, 1.54) is 0 Å². The maximum atomic E-state index is 5.59. The number of hydrogen-bond acceptors (Lipinski definition) is 3. The smallest absolute Gasteiger partial charge is 0.346 e. The standard InChI is InChI=1S/C6H9ClN4.HI/c1-2-11-5(8)3-4(7)10-6(11)9;/h3H,2H2,1H3,(H3,8,9,10);1H. The molecule has 0 aliphatic carbocycles. The van der Waals surface area contributed by atoms with Crippen LogP contribution in [0.5, 0.6) is 0 Å². The van der Waals surface area contributed by atoms with Crippen LogP contribution >= 0.6 is 11.6 Å². The van der Waals surface area contributed by atoms with Gasteiger partial charge in [0, 0.05) is 0 Å². The maximum absolute atomic E-state index is 5.59. The lowest BCUT2D eigenvalue weighted by atomic mass is 10.5. The summed E-state index contributed by atoms with van der Waals surface area (Å²) in [6, 6.07) is 1.57. The van der Waals surface area contributed by atoms with E-state index in [1.807, 2.05) is 6.92 Å². The van der Waals surface area contributed by atoms with Gasteiger partial charge in [-0.1, -0.05) is 4.98 Å². The molecular weight excluding hydrogens is 290 g/mol. The van der Waals surface area contributed by atoms with Crippen molar-refractivity contribution in [3.8, 4) is 0 Å². The molecule has 0 amide bonds. The molecule has 1 aromatic rings. The number of nitrogens with two attached hydrogens (primary N) is 2. The van der Waals surface area contributed by atoms with Crippen molar-refractivity contribution in [2.24, 2.45) is 0 Å². The van der Waals surface area contributed by atoms with Crippen LogP contribution in [0.1, 0.15) is 6.92 Å². The molecular formula is C6H10ClIN4. The van der Waals surface area contributed by atoms with Crippen LogP contribution < -0.4 is 40.0 Å². The molecule has 68 valence electrons. The lowest BCUT2D eigenvalue weighted by Crippen LogP contribution is -3.00. The SMILES string of the molecule is CC[n+]1c(N)cc(Cl)nc1N.[I-]. The Morgan fingerprint density at radius 1 is 1.58 bits per heavy atom. The summed E-state index contributed by atoms with van der Waals surface area (Å²) in [5, 5.41) is 0.324. The second kappa shape index (κ2) is 4.66. The van der Waals surface area contributed by atoms with Gasteiger partial charge in [-0.15, -0.1) is 0 Å².